The fraction of sp³-hybridized carbons (Fsp3) is 0. The van der Waals surface area contributed by atoms with E-state index in [-0.39, 0.29) is 16.8 Å². The van der Waals surface area contributed by atoms with Crippen LogP contribution < -0.4 is 0 Å². The number of rotatable bonds is 0. The molecule has 2 heterocycles. The van der Waals surface area contributed by atoms with Crippen LogP contribution in [0.15, 0.2) is 58.0 Å². The first kappa shape index (κ1) is 25.3. The molecular weight excluding hydrogens is 483 g/mol. The molecule has 9 heteroatoms. The van der Waals surface area contributed by atoms with Crippen LogP contribution in [0.2, 0.25) is 0 Å². The summed E-state index contributed by atoms with van der Waals surface area (Å²) in [6, 6.07) is 11.4. The third kappa shape index (κ3) is 24.7. The standard InChI is InChI=1S/2C5H4BrN.2CNS.Co/c2*6-5-3-1-2-4-7-5;2*2-1-3;/h2*1-4H;;;/q;;2*-1;+2. The van der Waals surface area contributed by atoms with Crippen LogP contribution in [0.1, 0.15) is 0 Å². The molecule has 0 fully saturated rings. The van der Waals surface area contributed by atoms with Gasteiger partial charge in [-0.3, -0.25) is 0 Å². The van der Waals surface area contributed by atoms with Gasteiger partial charge >= 0.3 is 16.8 Å². The predicted octanol–water partition coefficient (Wildman–Crippen LogP) is 5.00. The maximum absolute atomic E-state index is 7.13. The van der Waals surface area contributed by atoms with Gasteiger partial charge in [0.15, 0.2) is 0 Å². The largest absolute Gasteiger partial charge is 2.00 e. The summed E-state index contributed by atoms with van der Waals surface area (Å²) in [4.78, 5) is 7.79. The van der Waals surface area contributed by atoms with Crippen molar-refractivity contribution in [2.24, 2.45) is 0 Å². The van der Waals surface area contributed by atoms with Crippen LogP contribution in [0, 0.1) is 0 Å². The van der Waals surface area contributed by atoms with E-state index in [2.05, 4.69) is 66.3 Å². The van der Waals surface area contributed by atoms with Crippen LogP contribution in [-0.2, 0) is 16.8 Å². The minimum Gasteiger partial charge on any atom is -0.753 e. The first-order valence-corrected chi connectivity index (χ1v) is 7.18. The third-order valence-corrected chi connectivity index (χ3v) is 2.20. The Labute approximate surface area is 161 Å². The molecule has 0 atom stereocenters. The first-order valence-electron chi connectivity index (χ1n) is 4.77. The molecular formula is C12H8Br2CoN4S2. The molecule has 1 radical (unpaired) electrons. The Kier molecular flexibility index (Phi) is 26.1. The quantitative estimate of drug-likeness (QED) is 0.296. The molecule has 0 bridgehead atoms. The molecule has 0 aliphatic rings. The Morgan fingerprint density at radius 3 is 1.19 bits per heavy atom. The van der Waals surface area contributed by atoms with Crippen molar-refractivity contribution in [3.05, 3.63) is 68.8 Å². The second kappa shape index (κ2) is 21.7. The van der Waals surface area contributed by atoms with Crippen molar-refractivity contribution < 1.29 is 16.8 Å². The van der Waals surface area contributed by atoms with Gasteiger partial charge in [-0.15, -0.1) is 0 Å². The number of hydrogen-bond donors (Lipinski definition) is 0. The van der Waals surface area contributed by atoms with Crippen molar-refractivity contribution in [3.8, 4) is 0 Å². The molecule has 0 N–H and O–H groups in total. The van der Waals surface area contributed by atoms with Crippen LogP contribution in [0.5, 0.6) is 0 Å². The van der Waals surface area contributed by atoms with E-state index >= 15 is 0 Å². The number of isothiocyanates is 2. The summed E-state index contributed by atoms with van der Waals surface area (Å²) in [6.45, 7) is 0. The molecule has 2 aromatic heterocycles. The SMILES string of the molecule is Brc1ccccn1.Brc1ccccn1.[Co+2].[N-]=C=S.[N-]=C=S. The van der Waals surface area contributed by atoms with Crippen molar-refractivity contribution in [3.63, 3.8) is 0 Å². The number of pyridine rings is 2. The zero-order valence-corrected chi connectivity index (χ0v) is 16.2. The number of aromatic nitrogens is 2. The molecule has 0 aromatic carbocycles. The van der Waals surface area contributed by atoms with Crippen LogP contribution in [0.4, 0.5) is 0 Å². The van der Waals surface area contributed by atoms with Crippen LogP contribution in [0.3, 0.4) is 0 Å². The molecule has 4 nitrogen and oxygen atoms in total. The number of halogens is 2. The predicted molar refractivity (Wildman–Crippen MR) is 95.8 cm³/mol. The summed E-state index contributed by atoms with van der Waals surface area (Å²) in [7, 11) is 0. The molecule has 111 valence electrons. The van der Waals surface area contributed by atoms with Crippen molar-refractivity contribution in [1.29, 1.82) is 0 Å². The second-order valence-electron chi connectivity index (χ2n) is 2.49. The second-order valence-corrected chi connectivity index (χ2v) is 4.48. The Morgan fingerprint density at radius 2 is 1.10 bits per heavy atom. The maximum Gasteiger partial charge on any atom is 2.00 e. The summed E-state index contributed by atoms with van der Waals surface area (Å²) in [6.07, 6.45) is 3.48. The van der Waals surface area contributed by atoms with Gasteiger partial charge in [0.25, 0.3) is 0 Å². The van der Waals surface area contributed by atoms with Gasteiger partial charge < -0.3 is 10.8 Å². The van der Waals surface area contributed by atoms with Crippen LogP contribution in [-0.4, -0.2) is 20.3 Å². The first-order chi connectivity index (χ1) is 9.62. The molecule has 0 saturated carbocycles. The number of hydrogen-bond acceptors (Lipinski definition) is 4. The average molecular weight is 491 g/mol. The van der Waals surface area contributed by atoms with E-state index < -0.39 is 0 Å². The van der Waals surface area contributed by atoms with E-state index in [0.717, 1.165) is 9.21 Å². The number of thiocarbonyl (C=S) groups is 2. The zero-order valence-electron chi connectivity index (χ0n) is 10.3. The summed E-state index contributed by atoms with van der Waals surface area (Å²) in [5, 5.41) is 16.9. The van der Waals surface area contributed by atoms with Gasteiger partial charge in [0.1, 0.15) is 9.21 Å². The summed E-state index contributed by atoms with van der Waals surface area (Å²) in [5.41, 5.74) is 0. The van der Waals surface area contributed by atoms with E-state index in [4.69, 9.17) is 10.8 Å². The van der Waals surface area contributed by atoms with Crippen LogP contribution >= 0.6 is 56.3 Å². The van der Waals surface area contributed by atoms with Gasteiger partial charge in [0, 0.05) is 12.4 Å². The van der Waals surface area contributed by atoms with Crippen molar-refractivity contribution in [1.82, 2.24) is 9.97 Å². The topological polar surface area (TPSA) is 70.4 Å². The molecule has 0 saturated heterocycles. The monoisotopic (exact) mass is 489 g/mol. The smallest absolute Gasteiger partial charge is 0.753 e. The molecule has 0 amide bonds. The molecule has 0 aliphatic heterocycles. The summed E-state index contributed by atoms with van der Waals surface area (Å²) in [5.74, 6) is 0. The molecule has 0 aliphatic carbocycles. The van der Waals surface area contributed by atoms with E-state index in [1.54, 1.807) is 12.4 Å². The van der Waals surface area contributed by atoms with Gasteiger partial charge in [-0.25, -0.2) is 9.97 Å². The van der Waals surface area contributed by atoms with Crippen molar-refractivity contribution in [2.75, 3.05) is 0 Å². The molecule has 2 aromatic rings. The van der Waals surface area contributed by atoms with Gasteiger partial charge in [-0.1, -0.05) is 36.6 Å². The van der Waals surface area contributed by atoms with Gasteiger partial charge in [0.05, 0.1) is 0 Å². The molecule has 2 rings (SSSR count). The van der Waals surface area contributed by atoms with E-state index in [9.17, 15) is 0 Å². The fourth-order valence-corrected chi connectivity index (χ4v) is 1.23. The summed E-state index contributed by atoms with van der Waals surface area (Å²) >= 11 is 13.8. The fourth-order valence-electron chi connectivity index (χ4n) is 0.684. The Balaban J connectivity index is -0.000000220. The maximum atomic E-state index is 7.13. The van der Waals surface area contributed by atoms with Gasteiger partial charge in [0.2, 0.25) is 0 Å². The van der Waals surface area contributed by atoms with E-state index in [1.165, 1.54) is 10.3 Å². The Bertz CT molecular complexity index is 468. The minimum atomic E-state index is 0. The normalized spacial score (nSPS) is 6.57. The summed E-state index contributed by atoms with van der Waals surface area (Å²) < 4.78 is 1.77. The van der Waals surface area contributed by atoms with Gasteiger partial charge in [-0.05, 0) is 56.1 Å². The van der Waals surface area contributed by atoms with Crippen molar-refractivity contribution >= 4 is 66.6 Å². The minimum absolute atomic E-state index is 0. The molecule has 0 spiro atoms. The molecule has 0 unspecified atom stereocenters. The molecule has 21 heavy (non-hydrogen) atoms. The average Bonchev–Trinajstić information content (AvgIpc) is 2.43. The Morgan fingerprint density at radius 1 is 0.810 bits per heavy atom. The third-order valence-electron chi connectivity index (χ3n) is 1.26. The number of nitrogens with zero attached hydrogens (tertiary/aromatic N) is 4. The van der Waals surface area contributed by atoms with E-state index in [1.807, 2.05) is 36.4 Å². The van der Waals surface area contributed by atoms with E-state index in [0.29, 0.717) is 0 Å². The van der Waals surface area contributed by atoms with Crippen LogP contribution in [0.25, 0.3) is 10.8 Å². The Hall–Kier alpha value is -0.634. The van der Waals surface area contributed by atoms with Crippen molar-refractivity contribution in [2.45, 2.75) is 0 Å². The van der Waals surface area contributed by atoms with Gasteiger partial charge in [-0.2, -0.15) is 10.3 Å². The zero-order chi connectivity index (χ0) is 15.6.